The number of aliphatic hydroxyl groups excluding tert-OH is 1. The van der Waals surface area contributed by atoms with Gasteiger partial charge in [-0.05, 0) is 62.7 Å². The first kappa shape index (κ1) is 19.4. The van der Waals surface area contributed by atoms with Crippen molar-refractivity contribution in [2.45, 2.75) is 65.4 Å². The highest BCUT2D eigenvalue weighted by Gasteiger charge is 2.53. The quantitative estimate of drug-likeness (QED) is 0.612. The van der Waals surface area contributed by atoms with Crippen LogP contribution in [0.15, 0.2) is 11.6 Å². The molecule has 1 N–H and O–H groups in total. The van der Waals surface area contributed by atoms with Crippen molar-refractivity contribution in [3.8, 4) is 0 Å². The number of ether oxygens (including phenoxy) is 2. The smallest absolute Gasteiger partial charge is 0.312 e. The lowest BCUT2D eigenvalue weighted by Crippen LogP contribution is -2.48. The van der Waals surface area contributed by atoms with E-state index in [1.54, 1.807) is 0 Å². The summed E-state index contributed by atoms with van der Waals surface area (Å²) in [5.74, 6) is -0.140. The van der Waals surface area contributed by atoms with Gasteiger partial charge in [0.15, 0.2) is 0 Å². The van der Waals surface area contributed by atoms with E-state index >= 15 is 0 Å². The van der Waals surface area contributed by atoms with Crippen LogP contribution >= 0.6 is 0 Å². The molecule has 0 unspecified atom stereocenters. The van der Waals surface area contributed by atoms with Crippen LogP contribution in [0.1, 0.15) is 59.3 Å². The second-order valence-corrected chi connectivity index (χ2v) is 8.90. The van der Waals surface area contributed by atoms with Gasteiger partial charge in [-0.15, -0.1) is 0 Å². The number of carbonyl (C=O) groups is 2. The lowest BCUT2D eigenvalue weighted by Gasteiger charge is -2.53. The van der Waals surface area contributed by atoms with Crippen LogP contribution < -0.4 is 0 Å². The SMILES string of the molecule is COC(=O)[C@@]1(C)CCC=C2[C@@H]1CC[C@@H](C)[C@]2(C)CC[C@H]1C(=O)OC[C@@H]1O. The van der Waals surface area contributed by atoms with Gasteiger partial charge in [-0.2, -0.15) is 0 Å². The van der Waals surface area contributed by atoms with Crippen LogP contribution in [-0.2, 0) is 19.1 Å². The second kappa shape index (κ2) is 6.99. The van der Waals surface area contributed by atoms with Gasteiger partial charge in [0.05, 0.1) is 18.4 Å². The molecule has 0 bridgehead atoms. The summed E-state index contributed by atoms with van der Waals surface area (Å²) in [5, 5.41) is 10.0. The van der Waals surface area contributed by atoms with Crippen molar-refractivity contribution in [1.29, 1.82) is 0 Å². The molecule has 0 aromatic rings. The molecular weight excluding hydrogens is 332 g/mol. The molecule has 1 saturated carbocycles. The lowest BCUT2D eigenvalue weighted by atomic mass is 9.51. The molecule has 2 fully saturated rings. The van der Waals surface area contributed by atoms with Crippen molar-refractivity contribution < 1.29 is 24.2 Å². The second-order valence-electron chi connectivity index (χ2n) is 8.90. The van der Waals surface area contributed by atoms with Crippen molar-refractivity contribution in [3.63, 3.8) is 0 Å². The van der Waals surface area contributed by atoms with E-state index in [4.69, 9.17) is 9.47 Å². The van der Waals surface area contributed by atoms with Gasteiger partial charge in [-0.1, -0.05) is 25.5 Å². The molecule has 1 aliphatic heterocycles. The van der Waals surface area contributed by atoms with E-state index in [0.29, 0.717) is 12.3 Å². The minimum Gasteiger partial charge on any atom is -0.469 e. The number of cyclic esters (lactones) is 1. The fourth-order valence-electron chi connectivity index (χ4n) is 5.49. The van der Waals surface area contributed by atoms with E-state index < -0.39 is 17.4 Å². The van der Waals surface area contributed by atoms with Crippen LogP contribution in [0.2, 0.25) is 0 Å². The standard InChI is InChI=1S/C21H32O5/c1-13-7-8-16-15(6-5-10-21(16,3)19(24)25-4)20(13,2)11-9-14-17(22)12-26-18(14)23/h6,13-14,16-17,22H,5,7-12H2,1-4H3/t13-,14-,16+,17+,20+,21+/m1/s1. The van der Waals surface area contributed by atoms with Crippen LogP contribution in [0, 0.1) is 28.6 Å². The number of allylic oxidation sites excluding steroid dienone is 2. The molecule has 0 aromatic heterocycles. The Morgan fingerprint density at radius 3 is 2.73 bits per heavy atom. The maximum atomic E-state index is 12.5. The van der Waals surface area contributed by atoms with Crippen LogP contribution in [0.4, 0.5) is 0 Å². The van der Waals surface area contributed by atoms with Crippen LogP contribution in [-0.4, -0.2) is 36.9 Å². The summed E-state index contributed by atoms with van der Waals surface area (Å²) in [5.41, 5.74) is 0.823. The number of carbonyl (C=O) groups excluding carboxylic acids is 2. The van der Waals surface area contributed by atoms with E-state index in [0.717, 1.165) is 32.1 Å². The average Bonchev–Trinajstić information content (AvgIpc) is 2.94. The molecule has 0 spiro atoms. The Morgan fingerprint density at radius 2 is 2.12 bits per heavy atom. The third-order valence-corrected chi connectivity index (χ3v) is 7.60. The van der Waals surface area contributed by atoms with Gasteiger partial charge >= 0.3 is 11.9 Å². The summed E-state index contributed by atoms with van der Waals surface area (Å²) in [6.45, 7) is 6.70. The predicted molar refractivity (Wildman–Crippen MR) is 97.1 cm³/mol. The van der Waals surface area contributed by atoms with E-state index in [2.05, 4.69) is 19.9 Å². The molecule has 1 saturated heterocycles. The molecule has 3 rings (SSSR count). The predicted octanol–water partition coefficient (Wildman–Crippen LogP) is 3.25. The topological polar surface area (TPSA) is 72.8 Å². The van der Waals surface area contributed by atoms with Gasteiger partial charge in [0.1, 0.15) is 12.7 Å². The number of rotatable bonds is 4. The van der Waals surface area contributed by atoms with E-state index in [1.807, 2.05) is 6.92 Å². The maximum absolute atomic E-state index is 12.5. The fraction of sp³-hybridized carbons (Fsp3) is 0.810. The number of hydrogen-bond acceptors (Lipinski definition) is 5. The number of esters is 2. The zero-order valence-electron chi connectivity index (χ0n) is 16.4. The Bertz CT molecular complexity index is 612. The number of fused-ring (bicyclic) bond motifs is 1. The normalized spacial score (nSPS) is 42.7. The Balaban J connectivity index is 1.84. The molecule has 6 atom stereocenters. The van der Waals surface area contributed by atoms with E-state index in [1.165, 1.54) is 12.7 Å². The Labute approximate surface area is 156 Å². The third-order valence-electron chi connectivity index (χ3n) is 7.60. The van der Waals surface area contributed by atoms with Gasteiger partial charge < -0.3 is 14.6 Å². The minimum atomic E-state index is -0.693. The molecule has 26 heavy (non-hydrogen) atoms. The van der Waals surface area contributed by atoms with Crippen LogP contribution in [0.5, 0.6) is 0 Å². The molecule has 5 nitrogen and oxygen atoms in total. The summed E-state index contributed by atoms with van der Waals surface area (Å²) in [4.78, 5) is 24.4. The molecule has 5 heteroatoms. The van der Waals surface area contributed by atoms with Crippen LogP contribution in [0.3, 0.4) is 0 Å². The summed E-state index contributed by atoms with van der Waals surface area (Å²) in [7, 11) is 1.48. The monoisotopic (exact) mass is 364 g/mol. The van der Waals surface area contributed by atoms with Crippen LogP contribution in [0.25, 0.3) is 0 Å². The summed E-state index contributed by atoms with van der Waals surface area (Å²) >= 11 is 0. The molecule has 0 amide bonds. The van der Waals surface area contributed by atoms with Crippen molar-refractivity contribution in [3.05, 3.63) is 11.6 Å². The first-order valence-corrected chi connectivity index (χ1v) is 9.87. The summed E-state index contributed by atoms with van der Waals surface area (Å²) < 4.78 is 10.1. The summed E-state index contributed by atoms with van der Waals surface area (Å²) in [6, 6.07) is 0. The van der Waals surface area contributed by atoms with Gasteiger partial charge in [0.2, 0.25) is 0 Å². The van der Waals surface area contributed by atoms with Gasteiger partial charge in [0.25, 0.3) is 0 Å². The summed E-state index contributed by atoms with van der Waals surface area (Å²) in [6.07, 6.45) is 6.85. The highest BCUT2D eigenvalue weighted by atomic mass is 16.6. The molecular formula is C21H32O5. The van der Waals surface area contributed by atoms with Gasteiger partial charge in [-0.25, -0.2) is 0 Å². The molecule has 1 heterocycles. The molecule has 2 aliphatic carbocycles. The highest BCUT2D eigenvalue weighted by molar-refractivity contribution is 5.78. The third kappa shape index (κ3) is 2.98. The Kier molecular flexibility index (Phi) is 5.22. The largest absolute Gasteiger partial charge is 0.469 e. The van der Waals surface area contributed by atoms with Gasteiger partial charge in [0, 0.05) is 0 Å². The fourth-order valence-corrected chi connectivity index (χ4v) is 5.49. The van der Waals surface area contributed by atoms with E-state index in [-0.39, 0.29) is 29.9 Å². The van der Waals surface area contributed by atoms with Crippen molar-refractivity contribution in [2.24, 2.45) is 28.6 Å². The first-order chi connectivity index (χ1) is 12.2. The molecule has 146 valence electrons. The Hall–Kier alpha value is -1.36. The number of hydrogen-bond donors (Lipinski definition) is 1. The molecule has 0 radical (unpaired) electrons. The zero-order chi connectivity index (χ0) is 19.1. The Morgan fingerprint density at radius 1 is 1.38 bits per heavy atom. The van der Waals surface area contributed by atoms with E-state index in [9.17, 15) is 14.7 Å². The lowest BCUT2D eigenvalue weighted by molar-refractivity contribution is -0.156. The van der Waals surface area contributed by atoms with Crippen molar-refractivity contribution >= 4 is 11.9 Å². The van der Waals surface area contributed by atoms with Crippen molar-refractivity contribution in [1.82, 2.24) is 0 Å². The average molecular weight is 364 g/mol. The zero-order valence-corrected chi connectivity index (χ0v) is 16.4. The minimum absolute atomic E-state index is 0.0682. The number of aliphatic hydroxyl groups is 1. The highest BCUT2D eigenvalue weighted by Crippen LogP contribution is 2.58. The molecule has 3 aliphatic rings. The first-order valence-electron chi connectivity index (χ1n) is 9.87. The maximum Gasteiger partial charge on any atom is 0.312 e. The van der Waals surface area contributed by atoms with Gasteiger partial charge in [-0.3, -0.25) is 9.59 Å². The molecule has 0 aromatic carbocycles. The van der Waals surface area contributed by atoms with Crippen molar-refractivity contribution in [2.75, 3.05) is 13.7 Å². The number of methoxy groups -OCH3 is 1.